The number of anilines is 1. The Hall–Kier alpha value is -0.420. The van der Waals surface area contributed by atoms with Crippen LogP contribution in [0.4, 0.5) is 32.0 Å². The second-order valence-electron chi connectivity index (χ2n) is 3.55. The van der Waals surface area contributed by atoms with Crippen molar-refractivity contribution in [1.82, 2.24) is 0 Å². The molecule has 0 aromatic heterocycles. The SMILES string of the molecule is Br.NN(C(=O)C(F)(F)F)c1c(Cl)cc(C(F)(F)F)c(Cl)c1Cl. The maximum Gasteiger partial charge on any atom is 0.473 e. The first-order valence-corrected chi connectivity index (χ1v) is 5.82. The highest BCUT2D eigenvalue weighted by Crippen LogP contribution is 2.46. The predicted octanol–water partition coefficient (Wildman–Crippen LogP) is 5.01. The Morgan fingerprint density at radius 1 is 1.05 bits per heavy atom. The normalized spacial score (nSPS) is 11.9. The number of benzene rings is 1. The van der Waals surface area contributed by atoms with Crippen LogP contribution >= 0.6 is 51.8 Å². The first-order chi connectivity index (χ1) is 9.28. The number of hydrazine groups is 1. The van der Waals surface area contributed by atoms with Gasteiger partial charge in [-0.2, -0.15) is 26.3 Å². The van der Waals surface area contributed by atoms with Crippen LogP contribution < -0.4 is 10.9 Å². The zero-order valence-electron chi connectivity index (χ0n) is 9.82. The summed E-state index contributed by atoms with van der Waals surface area (Å²) in [6.07, 6.45) is -10.3. The van der Waals surface area contributed by atoms with Crippen molar-refractivity contribution in [3.8, 4) is 0 Å². The third-order valence-corrected chi connectivity index (χ3v) is 3.29. The molecule has 13 heteroatoms. The van der Waals surface area contributed by atoms with Crippen LogP contribution in [0.2, 0.25) is 15.1 Å². The standard InChI is InChI=1S/C9H3Cl3F6N2O.BrH/c10-3-1-2(8(13,14)15)4(11)5(12)6(3)20(19)7(21)9(16,17)18;/h1H,19H2;1H. The quantitative estimate of drug-likeness (QED) is 0.212. The van der Waals surface area contributed by atoms with Crippen molar-refractivity contribution in [2.24, 2.45) is 5.84 Å². The summed E-state index contributed by atoms with van der Waals surface area (Å²) in [6, 6.07) is 0.217. The Labute approximate surface area is 144 Å². The van der Waals surface area contributed by atoms with E-state index in [9.17, 15) is 31.1 Å². The molecule has 0 aliphatic rings. The molecule has 0 atom stereocenters. The fourth-order valence-corrected chi connectivity index (χ4v) is 2.14. The molecule has 2 N–H and O–H groups in total. The number of carbonyl (C=O) groups is 1. The molecule has 22 heavy (non-hydrogen) atoms. The molecule has 0 unspecified atom stereocenters. The van der Waals surface area contributed by atoms with Crippen molar-refractivity contribution < 1.29 is 31.1 Å². The smallest absolute Gasteiger partial charge is 0.262 e. The molecule has 3 nitrogen and oxygen atoms in total. The van der Waals surface area contributed by atoms with E-state index >= 15 is 0 Å². The number of nitrogens with zero attached hydrogens (tertiary/aromatic N) is 1. The third-order valence-electron chi connectivity index (χ3n) is 2.14. The maximum atomic E-state index is 12.6. The first kappa shape index (κ1) is 21.6. The van der Waals surface area contributed by atoms with Crippen molar-refractivity contribution in [2.45, 2.75) is 12.4 Å². The van der Waals surface area contributed by atoms with Gasteiger partial charge < -0.3 is 0 Å². The molecule has 1 rings (SSSR count). The molecule has 0 fully saturated rings. The van der Waals surface area contributed by atoms with Crippen LogP contribution in [0.15, 0.2) is 6.07 Å². The number of carbonyl (C=O) groups excluding carboxylic acids is 1. The predicted molar refractivity (Wildman–Crippen MR) is 74.5 cm³/mol. The maximum absolute atomic E-state index is 12.6. The Bertz CT molecular complexity index is 592. The van der Waals surface area contributed by atoms with E-state index in [1.807, 2.05) is 0 Å². The van der Waals surface area contributed by atoms with Crippen molar-refractivity contribution in [2.75, 3.05) is 5.01 Å². The highest BCUT2D eigenvalue weighted by atomic mass is 79.9. The van der Waals surface area contributed by atoms with Crippen LogP contribution in [0.5, 0.6) is 0 Å². The molecular weight excluding hydrogens is 452 g/mol. The minimum atomic E-state index is -5.38. The lowest BCUT2D eigenvalue weighted by atomic mass is 10.2. The van der Waals surface area contributed by atoms with Gasteiger partial charge in [0.25, 0.3) is 0 Å². The van der Waals surface area contributed by atoms with Gasteiger partial charge in [0, 0.05) is 0 Å². The van der Waals surface area contributed by atoms with Gasteiger partial charge in [0.2, 0.25) is 0 Å². The van der Waals surface area contributed by atoms with E-state index in [2.05, 4.69) is 0 Å². The van der Waals surface area contributed by atoms with Gasteiger partial charge >= 0.3 is 18.3 Å². The Morgan fingerprint density at radius 3 is 1.86 bits per heavy atom. The number of rotatable bonds is 1. The summed E-state index contributed by atoms with van der Waals surface area (Å²) in [7, 11) is 0. The van der Waals surface area contributed by atoms with E-state index in [4.69, 9.17) is 40.6 Å². The Kier molecular flexibility index (Phi) is 6.86. The van der Waals surface area contributed by atoms with E-state index < -0.39 is 49.6 Å². The van der Waals surface area contributed by atoms with Crippen molar-refractivity contribution in [3.05, 3.63) is 26.7 Å². The fourth-order valence-electron chi connectivity index (χ4n) is 1.25. The van der Waals surface area contributed by atoms with Crippen molar-refractivity contribution in [1.29, 1.82) is 0 Å². The van der Waals surface area contributed by atoms with Crippen molar-refractivity contribution >= 4 is 63.4 Å². The average molecular weight is 456 g/mol. The molecule has 1 aromatic carbocycles. The molecule has 0 aliphatic heterocycles. The van der Waals surface area contributed by atoms with Gasteiger partial charge in [-0.05, 0) is 6.07 Å². The largest absolute Gasteiger partial charge is 0.473 e. The number of hydrogen-bond donors (Lipinski definition) is 1. The van der Waals surface area contributed by atoms with Gasteiger partial charge in [-0.1, -0.05) is 34.8 Å². The third kappa shape index (κ3) is 4.31. The summed E-state index contributed by atoms with van der Waals surface area (Å²) in [5.74, 6) is 2.33. The zero-order valence-corrected chi connectivity index (χ0v) is 13.8. The molecule has 0 heterocycles. The monoisotopic (exact) mass is 454 g/mol. The number of nitrogens with two attached hydrogens (primary N) is 1. The molecule has 0 radical (unpaired) electrons. The van der Waals surface area contributed by atoms with Gasteiger partial charge in [0.15, 0.2) is 0 Å². The average Bonchev–Trinajstić information content (AvgIpc) is 2.30. The number of amides is 1. The summed E-state index contributed by atoms with van der Waals surface area (Å²) >= 11 is 16.2. The Balaban J connectivity index is 0.00000441. The van der Waals surface area contributed by atoms with E-state index in [-0.39, 0.29) is 23.0 Å². The molecule has 0 aliphatic carbocycles. The van der Waals surface area contributed by atoms with Crippen molar-refractivity contribution in [3.63, 3.8) is 0 Å². The van der Waals surface area contributed by atoms with Crippen LogP contribution in [0, 0.1) is 0 Å². The summed E-state index contributed by atoms with van der Waals surface area (Å²) in [4.78, 5) is 11.0. The zero-order chi connectivity index (χ0) is 16.7. The molecule has 1 amide bonds. The minimum Gasteiger partial charge on any atom is -0.262 e. The molecule has 0 spiro atoms. The van der Waals surface area contributed by atoms with Crippen LogP contribution in [-0.2, 0) is 11.0 Å². The molecule has 126 valence electrons. The van der Waals surface area contributed by atoms with Crippen LogP contribution in [0.3, 0.4) is 0 Å². The van der Waals surface area contributed by atoms with E-state index in [1.165, 1.54) is 0 Å². The summed E-state index contributed by atoms with van der Waals surface area (Å²) in [6.45, 7) is 0. The fraction of sp³-hybridized carbons (Fsp3) is 0.222. The number of alkyl halides is 6. The second-order valence-corrected chi connectivity index (χ2v) is 4.72. The lowest BCUT2D eigenvalue weighted by Crippen LogP contribution is -2.46. The number of halogens is 10. The molecular formula is C9H4BrCl3F6N2O. The molecule has 0 bridgehead atoms. The number of hydrogen-bond acceptors (Lipinski definition) is 2. The molecule has 0 saturated heterocycles. The summed E-state index contributed by atoms with van der Waals surface area (Å²) < 4.78 is 74.5. The van der Waals surface area contributed by atoms with Gasteiger partial charge in [-0.15, -0.1) is 17.0 Å². The summed E-state index contributed by atoms with van der Waals surface area (Å²) in [5, 5.41) is -3.60. The minimum absolute atomic E-state index is 0. The van der Waals surface area contributed by atoms with Gasteiger partial charge in [-0.3, -0.25) is 4.79 Å². The van der Waals surface area contributed by atoms with Crippen LogP contribution in [0.1, 0.15) is 5.56 Å². The lowest BCUT2D eigenvalue weighted by Gasteiger charge is -2.22. The highest BCUT2D eigenvalue weighted by Gasteiger charge is 2.44. The molecule has 0 saturated carbocycles. The first-order valence-electron chi connectivity index (χ1n) is 4.69. The van der Waals surface area contributed by atoms with Crippen LogP contribution in [-0.4, -0.2) is 12.1 Å². The van der Waals surface area contributed by atoms with Gasteiger partial charge in [0.05, 0.1) is 26.3 Å². The lowest BCUT2D eigenvalue weighted by molar-refractivity contribution is -0.170. The Morgan fingerprint density at radius 2 is 1.50 bits per heavy atom. The second kappa shape index (κ2) is 7.00. The van der Waals surface area contributed by atoms with E-state index in [0.717, 1.165) is 0 Å². The summed E-state index contributed by atoms with van der Waals surface area (Å²) in [5.41, 5.74) is -2.46. The molecule has 1 aromatic rings. The topological polar surface area (TPSA) is 46.3 Å². The van der Waals surface area contributed by atoms with Gasteiger partial charge in [0.1, 0.15) is 0 Å². The van der Waals surface area contributed by atoms with Crippen LogP contribution in [0.25, 0.3) is 0 Å². The van der Waals surface area contributed by atoms with Gasteiger partial charge in [-0.25, -0.2) is 10.9 Å². The highest BCUT2D eigenvalue weighted by molar-refractivity contribution is 8.93. The van der Waals surface area contributed by atoms with E-state index in [0.29, 0.717) is 0 Å². The van der Waals surface area contributed by atoms with E-state index in [1.54, 1.807) is 0 Å².